The van der Waals surface area contributed by atoms with Gasteiger partial charge in [0, 0.05) is 11.8 Å². The molecule has 5 heteroatoms. The van der Waals surface area contributed by atoms with E-state index < -0.39 is 9.84 Å². The lowest BCUT2D eigenvalue weighted by molar-refractivity contribution is 0.0935. The van der Waals surface area contributed by atoms with Crippen LogP contribution < -0.4 is 5.32 Å². The number of carbonyl (C=O) groups is 1. The van der Waals surface area contributed by atoms with Crippen LogP contribution in [0.1, 0.15) is 61.6 Å². The van der Waals surface area contributed by atoms with Gasteiger partial charge in [-0.2, -0.15) is 0 Å². The van der Waals surface area contributed by atoms with Gasteiger partial charge in [0.1, 0.15) is 0 Å². The molecule has 140 valence electrons. The van der Waals surface area contributed by atoms with E-state index in [1.807, 2.05) is 31.2 Å². The van der Waals surface area contributed by atoms with Crippen molar-refractivity contribution in [1.29, 1.82) is 0 Å². The summed E-state index contributed by atoms with van der Waals surface area (Å²) in [6.07, 6.45) is 1.90. The van der Waals surface area contributed by atoms with E-state index in [1.165, 1.54) is 11.8 Å². The number of carbonyl (C=O) groups excluding carboxylic acids is 1. The average molecular weight is 374 g/mol. The first kappa shape index (κ1) is 20.2. The van der Waals surface area contributed by atoms with Crippen LogP contribution in [0.15, 0.2) is 53.4 Å². The molecule has 0 aromatic heterocycles. The summed E-state index contributed by atoms with van der Waals surface area (Å²) in [4.78, 5) is 12.8. The second-order valence-corrected chi connectivity index (χ2v) is 9.62. The van der Waals surface area contributed by atoms with Gasteiger partial charge in [0.25, 0.3) is 5.91 Å². The molecule has 4 nitrogen and oxygen atoms in total. The maximum Gasteiger partial charge on any atom is 0.251 e. The van der Waals surface area contributed by atoms with E-state index in [9.17, 15) is 13.2 Å². The Morgan fingerprint density at radius 2 is 1.54 bits per heavy atom. The fraction of sp³-hybridized carbons (Fsp3) is 0.381. The monoisotopic (exact) mass is 373 g/mol. The van der Waals surface area contributed by atoms with Crippen molar-refractivity contribution in [2.24, 2.45) is 0 Å². The zero-order chi connectivity index (χ0) is 19.5. The molecule has 0 aliphatic heterocycles. The van der Waals surface area contributed by atoms with Gasteiger partial charge >= 0.3 is 0 Å². The summed E-state index contributed by atoms with van der Waals surface area (Å²) in [6.45, 7) is 8.39. The van der Waals surface area contributed by atoms with Gasteiger partial charge in [-0.05, 0) is 47.2 Å². The van der Waals surface area contributed by atoms with E-state index in [-0.39, 0.29) is 22.3 Å². The largest absolute Gasteiger partial charge is 0.345 e. The van der Waals surface area contributed by atoms with Gasteiger partial charge in [0.05, 0.1) is 10.9 Å². The summed E-state index contributed by atoms with van der Waals surface area (Å²) in [6, 6.07) is 14.2. The molecule has 0 fully saturated rings. The Morgan fingerprint density at radius 1 is 1.00 bits per heavy atom. The number of hydrogen-bond donors (Lipinski definition) is 1. The maximum atomic E-state index is 12.6. The molecule has 1 N–H and O–H groups in total. The van der Waals surface area contributed by atoms with Crippen LogP contribution in [0.5, 0.6) is 0 Å². The van der Waals surface area contributed by atoms with Crippen LogP contribution in [0.25, 0.3) is 0 Å². The van der Waals surface area contributed by atoms with E-state index in [0.29, 0.717) is 12.0 Å². The Hall–Kier alpha value is -2.14. The minimum Gasteiger partial charge on any atom is -0.345 e. The van der Waals surface area contributed by atoms with Crippen LogP contribution in [-0.2, 0) is 15.3 Å². The molecule has 2 aromatic carbocycles. The minimum absolute atomic E-state index is 0.0440. The topological polar surface area (TPSA) is 63.2 Å². The Balaban J connectivity index is 2.15. The van der Waals surface area contributed by atoms with E-state index in [0.717, 1.165) is 5.56 Å². The summed E-state index contributed by atoms with van der Waals surface area (Å²) < 4.78 is 23.1. The first-order valence-corrected chi connectivity index (χ1v) is 10.6. The van der Waals surface area contributed by atoms with Gasteiger partial charge in [-0.1, -0.05) is 52.0 Å². The van der Waals surface area contributed by atoms with Crippen LogP contribution in [0, 0.1) is 0 Å². The molecular weight excluding hydrogens is 346 g/mol. The molecule has 1 atom stereocenters. The third-order valence-electron chi connectivity index (χ3n) is 4.44. The Labute approximate surface area is 156 Å². The van der Waals surface area contributed by atoms with E-state index in [1.54, 1.807) is 24.3 Å². The third-order valence-corrected chi connectivity index (χ3v) is 5.57. The van der Waals surface area contributed by atoms with Crippen molar-refractivity contribution in [2.75, 3.05) is 6.26 Å². The van der Waals surface area contributed by atoms with Crippen molar-refractivity contribution in [3.05, 3.63) is 65.2 Å². The van der Waals surface area contributed by atoms with Gasteiger partial charge < -0.3 is 5.32 Å². The molecule has 0 spiro atoms. The summed E-state index contributed by atoms with van der Waals surface area (Å²) in [5, 5.41) is 3.03. The highest BCUT2D eigenvalue weighted by Gasteiger charge is 2.17. The molecule has 2 rings (SSSR count). The van der Waals surface area contributed by atoms with Crippen LogP contribution >= 0.6 is 0 Å². The number of rotatable bonds is 5. The van der Waals surface area contributed by atoms with Gasteiger partial charge in [-0.15, -0.1) is 0 Å². The number of sulfone groups is 1. The zero-order valence-electron chi connectivity index (χ0n) is 16.0. The molecule has 0 heterocycles. The highest BCUT2D eigenvalue weighted by atomic mass is 32.2. The van der Waals surface area contributed by atoms with Crippen LogP contribution in [-0.4, -0.2) is 20.6 Å². The zero-order valence-corrected chi connectivity index (χ0v) is 16.9. The van der Waals surface area contributed by atoms with Crippen molar-refractivity contribution in [2.45, 2.75) is 50.5 Å². The number of nitrogens with one attached hydrogen (secondary N) is 1. The van der Waals surface area contributed by atoms with Crippen LogP contribution in [0.2, 0.25) is 0 Å². The first-order chi connectivity index (χ1) is 12.0. The quantitative estimate of drug-likeness (QED) is 0.851. The van der Waals surface area contributed by atoms with Gasteiger partial charge in [0.2, 0.25) is 0 Å². The van der Waals surface area contributed by atoms with Crippen LogP contribution in [0.3, 0.4) is 0 Å². The fourth-order valence-electron chi connectivity index (χ4n) is 2.73. The summed E-state index contributed by atoms with van der Waals surface area (Å²) in [5.41, 5.74) is 2.73. The molecule has 0 radical (unpaired) electrons. The lowest BCUT2D eigenvalue weighted by atomic mass is 9.86. The Kier molecular flexibility index (Phi) is 5.91. The molecular formula is C21H27NO3S. The molecule has 0 unspecified atom stereocenters. The van der Waals surface area contributed by atoms with Crippen molar-refractivity contribution in [3.8, 4) is 0 Å². The molecule has 0 saturated carbocycles. The minimum atomic E-state index is -3.22. The number of hydrogen-bond acceptors (Lipinski definition) is 3. The van der Waals surface area contributed by atoms with Crippen LogP contribution in [0.4, 0.5) is 0 Å². The van der Waals surface area contributed by atoms with Crippen molar-refractivity contribution >= 4 is 15.7 Å². The normalized spacial score (nSPS) is 13.3. The highest BCUT2D eigenvalue weighted by molar-refractivity contribution is 7.90. The fourth-order valence-corrected chi connectivity index (χ4v) is 3.36. The second kappa shape index (κ2) is 7.62. The third kappa shape index (κ3) is 4.94. The predicted molar refractivity (Wildman–Crippen MR) is 105 cm³/mol. The predicted octanol–water partition coefficient (Wildman–Crippen LogP) is 4.27. The smallest absolute Gasteiger partial charge is 0.251 e. The summed E-state index contributed by atoms with van der Waals surface area (Å²) >= 11 is 0. The van der Waals surface area contributed by atoms with Crippen molar-refractivity contribution in [1.82, 2.24) is 5.32 Å². The molecule has 0 aliphatic carbocycles. The van der Waals surface area contributed by atoms with Gasteiger partial charge in [-0.25, -0.2) is 8.42 Å². The second-order valence-electron chi connectivity index (χ2n) is 7.60. The Bertz CT molecular complexity index is 861. The molecule has 2 aromatic rings. The summed E-state index contributed by atoms with van der Waals surface area (Å²) in [5.74, 6) is -0.135. The maximum absolute atomic E-state index is 12.6. The number of benzene rings is 2. The van der Waals surface area contributed by atoms with E-state index in [4.69, 9.17) is 0 Å². The molecule has 0 bridgehead atoms. The van der Waals surface area contributed by atoms with E-state index >= 15 is 0 Å². The number of amides is 1. The lowest BCUT2D eigenvalue weighted by Gasteiger charge is -2.20. The molecule has 0 aliphatic rings. The van der Waals surface area contributed by atoms with Gasteiger partial charge in [0.15, 0.2) is 9.84 Å². The molecule has 0 saturated heterocycles. The first-order valence-electron chi connectivity index (χ1n) is 8.74. The standard InChI is InChI=1S/C21H27NO3S/c1-6-19(15-9-13-18(14-10-15)26(5,24)25)22-20(23)16-7-11-17(12-8-16)21(2,3)4/h7-14,19H,6H2,1-5H3,(H,22,23)/t19-/m0/s1. The molecule has 26 heavy (non-hydrogen) atoms. The average Bonchev–Trinajstić information content (AvgIpc) is 2.58. The Morgan fingerprint density at radius 3 is 1.96 bits per heavy atom. The van der Waals surface area contributed by atoms with E-state index in [2.05, 4.69) is 26.1 Å². The van der Waals surface area contributed by atoms with Gasteiger partial charge in [-0.3, -0.25) is 4.79 Å². The molecule has 1 amide bonds. The van der Waals surface area contributed by atoms with Crippen molar-refractivity contribution < 1.29 is 13.2 Å². The lowest BCUT2D eigenvalue weighted by Crippen LogP contribution is -2.28. The van der Waals surface area contributed by atoms with Crippen molar-refractivity contribution in [3.63, 3.8) is 0 Å². The summed E-state index contributed by atoms with van der Waals surface area (Å²) in [7, 11) is -3.22. The SMILES string of the molecule is CC[C@H](NC(=O)c1ccc(C(C)(C)C)cc1)c1ccc(S(C)(=O)=O)cc1. The highest BCUT2D eigenvalue weighted by Crippen LogP contribution is 2.23.